The fourth-order valence-corrected chi connectivity index (χ4v) is 2.57. The summed E-state index contributed by atoms with van der Waals surface area (Å²) in [5.41, 5.74) is 2.82. The van der Waals surface area contributed by atoms with Gasteiger partial charge in [-0.05, 0) is 12.8 Å². The number of aliphatic hydroxyl groups is 1. The molecule has 0 bridgehead atoms. The first-order valence-electron chi connectivity index (χ1n) is 5.36. The van der Waals surface area contributed by atoms with Crippen LogP contribution in [0.5, 0.6) is 0 Å². The van der Waals surface area contributed by atoms with Crippen LogP contribution in [0, 0.1) is 0 Å². The number of amides is 2. The number of carbonyl (C=O) groups is 1. The molecule has 82 valence electrons. The lowest BCUT2D eigenvalue weighted by atomic mass is 10.2. The van der Waals surface area contributed by atoms with Gasteiger partial charge in [0.05, 0.1) is 6.04 Å². The van der Waals surface area contributed by atoms with Crippen molar-refractivity contribution in [3.8, 4) is 0 Å². The molecule has 2 amide bonds. The van der Waals surface area contributed by atoms with Crippen molar-refractivity contribution in [3.63, 3.8) is 0 Å². The van der Waals surface area contributed by atoms with E-state index in [2.05, 4.69) is 10.5 Å². The quantitative estimate of drug-likeness (QED) is 0.567. The molecule has 3 rings (SSSR count). The molecule has 0 aromatic rings. The molecule has 3 aliphatic rings. The zero-order valence-corrected chi connectivity index (χ0v) is 8.39. The van der Waals surface area contributed by atoms with Crippen LogP contribution in [0.15, 0.2) is 5.10 Å². The van der Waals surface area contributed by atoms with Crippen molar-refractivity contribution in [2.45, 2.75) is 31.5 Å². The Labute approximate surface area is 87.5 Å². The van der Waals surface area contributed by atoms with Gasteiger partial charge in [0.15, 0.2) is 6.23 Å². The van der Waals surface area contributed by atoms with Gasteiger partial charge >= 0.3 is 6.03 Å². The Bertz CT molecular complexity index is 330. The molecular weight excluding hydrogens is 196 g/mol. The van der Waals surface area contributed by atoms with Crippen LogP contribution in [0.25, 0.3) is 0 Å². The predicted molar refractivity (Wildman–Crippen MR) is 53.0 cm³/mol. The van der Waals surface area contributed by atoms with Gasteiger partial charge in [0, 0.05) is 19.5 Å². The number of rotatable bonds is 0. The van der Waals surface area contributed by atoms with Gasteiger partial charge < -0.3 is 15.4 Å². The van der Waals surface area contributed by atoms with E-state index in [1.165, 1.54) is 4.90 Å². The van der Waals surface area contributed by atoms with Gasteiger partial charge in [-0.15, -0.1) is 0 Å². The molecule has 2 saturated heterocycles. The van der Waals surface area contributed by atoms with Gasteiger partial charge in [0.2, 0.25) is 0 Å². The number of urea groups is 1. The third-order valence-corrected chi connectivity index (χ3v) is 3.31. The molecule has 2 N–H and O–H groups in total. The summed E-state index contributed by atoms with van der Waals surface area (Å²) in [6.45, 7) is 1.51. The maximum Gasteiger partial charge on any atom is 0.328 e. The number of hydrogen-bond donors (Lipinski definition) is 2. The van der Waals surface area contributed by atoms with Crippen molar-refractivity contribution in [1.29, 1.82) is 0 Å². The molecule has 3 heterocycles. The van der Waals surface area contributed by atoms with Crippen LogP contribution in [-0.2, 0) is 0 Å². The van der Waals surface area contributed by atoms with Crippen molar-refractivity contribution in [2.75, 3.05) is 13.1 Å². The first kappa shape index (κ1) is 8.96. The first-order valence-corrected chi connectivity index (χ1v) is 5.36. The molecule has 15 heavy (non-hydrogen) atoms. The molecule has 0 spiro atoms. The smallest absolute Gasteiger partial charge is 0.328 e. The normalized spacial score (nSPS) is 34.5. The summed E-state index contributed by atoms with van der Waals surface area (Å²) in [5, 5.41) is 14.1. The lowest BCUT2D eigenvalue weighted by Crippen LogP contribution is -2.40. The zero-order chi connectivity index (χ0) is 10.4. The van der Waals surface area contributed by atoms with Crippen LogP contribution >= 0.6 is 0 Å². The number of carbonyl (C=O) groups excluding carboxylic acids is 1. The molecule has 2 unspecified atom stereocenters. The third kappa shape index (κ3) is 1.14. The monoisotopic (exact) mass is 210 g/mol. The summed E-state index contributed by atoms with van der Waals surface area (Å²) in [4.78, 5) is 15.2. The minimum Gasteiger partial charge on any atom is -0.371 e. The Morgan fingerprint density at radius 1 is 1.53 bits per heavy atom. The maximum atomic E-state index is 12.0. The van der Waals surface area contributed by atoms with Crippen molar-refractivity contribution >= 4 is 11.9 Å². The molecule has 0 radical (unpaired) electrons. The van der Waals surface area contributed by atoms with Gasteiger partial charge in [0.25, 0.3) is 0 Å². The van der Waals surface area contributed by atoms with E-state index >= 15 is 0 Å². The van der Waals surface area contributed by atoms with Crippen molar-refractivity contribution in [2.24, 2.45) is 5.10 Å². The summed E-state index contributed by atoms with van der Waals surface area (Å²) in [6, 6.07) is -0.117. The molecule has 2 fully saturated rings. The molecule has 0 aromatic carbocycles. The molecule has 0 saturated carbocycles. The van der Waals surface area contributed by atoms with Crippen LogP contribution in [0.4, 0.5) is 4.79 Å². The Morgan fingerprint density at radius 3 is 3.07 bits per heavy atom. The second-order valence-corrected chi connectivity index (χ2v) is 4.16. The second kappa shape index (κ2) is 3.10. The van der Waals surface area contributed by atoms with E-state index in [0.29, 0.717) is 12.3 Å². The molecular formula is C9H14N4O2. The number of amidine groups is 1. The molecule has 6 heteroatoms. The fraction of sp³-hybridized carbons (Fsp3) is 0.778. The highest BCUT2D eigenvalue weighted by molar-refractivity contribution is 6.00. The molecule has 6 nitrogen and oxygen atoms in total. The lowest BCUT2D eigenvalue weighted by molar-refractivity contribution is 0.0712. The van der Waals surface area contributed by atoms with Crippen molar-refractivity contribution in [1.82, 2.24) is 15.2 Å². The second-order valence-electron chi connectivity index (χ2n) is 4.16. The van der Waals surface area contributed by atoms with Crippen LogP contribution in [0.3, 0.4) is 0 Å². The van der Waals surface area contributed by atoms with E-state index in [-0.39, 0.29) is 12.1 Å². The van der Waals surface area contributed by atoms with E-state index in [1.54, 1.807) is 4.90 Å². The summed E-state index contributed by atoms with van der Waals surface area (Å²) in [7, 11) is 0. The Kier molecular flexibility index (Phi) is 1.85. The summed E-state index contributed by atoms with van der Waals surface area (Å²) >= 11 is 0. The predicted octanol–water partition coefficient (Wildman–Crippen LogP) is -0.488. The van der Waals surface area contributed by atoms with Gasteiger partial charge in [-0.25, -0.2) is 4.79 Å². The van der Waals surface area contributed by atoms with Crippen LogP contribution in [0.2, 0.25) is 0 Å². The number of hydrogen-bond acceptors (Lipinski definition) is 4. The number of fused-ring (bicyclic) bond motifs is 1. The topological polar surface area (TPSA) is 68.2 Å². The summed E-state index contributed by atoms with van der Waals surface area (Å²) in [5.74, 6) is 0.668. The third-order valence-electron chi connectivity index (χ3n) is 3.31. The van der Waals surface area contributed by atoms with Crippen molar-refractivity contribution < 1.29 is 9.90 Å². The highest BCUT2D eigenvalue weighted by Gasteiger charge is 2.49. The largest absolute Gasteiger partial charge is 0.371 e. The molecule has 0 aromatic heterocycles. The van der Waals surface area contributed by atoms with Crippen molar-refractivity contribution in [3.05, 3.63) is 0 Å². The average molecular weight is 210 g/mol. The standard InChI is InChI=1S/C9H14N4O2/c14-8-6-2-1-5-12(6)9(15)13(8)7-3-4-10-11-7/h6,8,10,14H,1-5H2. The Hall–Kier alpha value is -1.30. The minimum absolute atomic E-state index is 0.0270. The van der Waals surface area contributed by atoms with Gasteiger partial charge in [-0.1, -0.05) is 0 Å². The number of hydrazone groups is 1. The van der Waals surface area contributed by atoms with Gasteiger partial charge in [-0.3, -0.25) is 4.90 Å². The number of nitrogens with one attached hydrogen (secondary N) is 1. The van der Waals surface area contributed by atoms with E-state index in [9.17, 15) is 9.90 Å². The lowest BCUT2D eigenvalue weighted by Gasteiger charge is -2.19. The Morgan fingerprint density at radius 2 is 2.40 bits per heavy atom. The first-order chi connectivity index (χ1) is 7.29. The molecule has 2 atom stereocenters. The number of aliphatic hydroxyl groups excluding tert-OH is 1. The van der Waals surface area contributed by atoms with E-state index < -0.39 is 6.23 Å². The average Bonchev–Trinajstić information content (AvgIpc) is 2.89. The van der Waals surface area contributed by atoms with E-state index in [0.717, 1.165) is 25.9 Å². The summed E-state index contributed by atoms with van der Waals surface area (Å²) in [6.07, 6.45) is 1.89. The highest BCUT2D eigenvalue weighted by atomic mass is 16.3. The minimum atomic E-state index is -0.710. The van der Waals surface area contributed by atoms with E-state index in [1.807, 2.05) is 0 Å². The number of nitrogens with zero attached hydrogens (tertiary/aromatic N) is 3. The van der Waals surface area contributed by atoms with Crippen LogP contribution in [0.1, 0.15) is 19.3 Å². The fourth-order valence-electron chi connectivity index (χ4n) is 2.57. The molecule has 0 aliphatic carbocycles. The zero-order valence-electron chi connectivity index (χ0n) is 8.39. The van der Waals surface area contributed by atoms with Gasteiger partial charge in [-0.2, -0.15) is 5.10 Å². The highest BCUT2D eigenvalue weighted by Crippen LogP contribution is 2.31. The molecule has 3 aliphatic heterocycles. The van der Waals surface area contributed by atoms with E-state index in [4.69, 9.17) is 0 Å². The SMILES string of the molecule is O=C1N2CCCC2C(O)N1C1=NNCC1. The van der Waals surface area contributed by atoms with Crippen LogP contribution < -0.4 is 5.43 Å². The van der Waals surface area contributed by atoms with Gasteiger partial charge in [0.1, 0.15) is 5.84 Å². The van der Waals surface area contributed by atoms with Crippen LogP contribution in [-0.4, -0.2) is 52.1 Å². The summed E-state index contributed by atoms with van der Waals surface area (Å²) < 4.78 is 0. The maximum absolute atomic E-state index is 12.0. The Balaban J connectivity index is 1.88.